The average molecular weight is 342 g/mol. The molecule has 3 heteroatoms. The van der Waals surface area contributed by atoms with Crippen molar-refractivity contribution in [3.63, 3.8) is 0 Å². The van der Waals surface area contributed by atoms with Gasteiger partial charge in [0.1, 0.15) is 11.5 Å². The molecule has 0 radical (unpaired) electrons. The highest BCUT2D eigenvalue weighted by atomic mass is 16.5. The standard InChI is InChI=1S/C23H18O3/c1-14(2)15-8-5-6-12-19(15)26-20-13-7-11-18-21(20)23(25)17-10-4-3-9-16(17)22(18)24/h3-14H,1-2H3. The molecule has 3 nitrogen and oxygen atoms in total. The van der Waals surface area contributed by atoms with Crippen molar-refractivity contribution in [3.8, 4) is 11.5 Å². The van der Waals surface area contributed by atoms with Crippen molar-refractivity contribution in [1.82, 2.24) is 0 Å². The van der Waals surface area contributed by atoms with Crippen molar-refractivity contribution in [2.24, 2.45) is 0 Å². The molecule has 0 heterocycles. The number of ether oxygens (including phenoxy) is 1. The first kappa shape index (κ1) is 16.3. The number of ketones is 2. The summed E-state index contributed by atoms with van der Waals surface area (Å²) in [6, 6.07) is 19.9. The van der Waals surface area contributed by atoms with Gasteiger partial charge >= 0.3 is 0 Å². The SMILES string of the molecule is CC(C)c1ccccc1Oc1cccc2c1C(=O)c1ccccc1C2=O. The number of hydrogen-bond acceptors (Lipinski definition) is 3. The van der Waals surface area contributed by atoms with Crippen molar-refractivity contribution in [2.75, 3.05) is 0 Å². The molecule has 0 aromatic heterocycles. The van der Waals surface area contributed by atoms with Crippen LogP contribution in [0.15, 0.2) is 66.7 Å². The molecule has 0 saturated carbocycles. The molecule has 0 amide bonds. The van der Waals surface area contributed by atoms with Crippen molar-refractivity contribution < 1.29 is 14.3 Å². The molecule has 4 rings (SSSR count). The number of carbonyl (C=O) groups is 2. The Labute approximate surface area is 152 Å². The van der Waals surface area contributed by atoms with Gasteiger partial charge in [-0.3, -0.25) is 9.59 Å². The molecule has 0 fully saturated rings. The molecular formula is C23H18O3. The summed E-state index contributed by atoms with van der Waals surface area (Å²) in [5.74, 6) is 1.09. The van der Waals surface area contributed by atoms with Crippen LogP contribution in [0.25, 0.3) is 0 Å². The highest BCUT2D eigenvalue weighted by molar-refractivity contribution is 6.29. The first-order valence-corrected chi connectivity index (χ1v) is 8.66. The van der Waals surface area contributed by atoms with Crippen LogP contribution in [0, 0.1) is 0 Å². The fourth-order valence-electron chi connectivity index (χ4n) is 3.37. The second-order valence-electron chi connectivity index (χ2n) is 6.68. The van der Waals surface area contributed by atoms with Gasteiger partial charge in [0.15, 0.2) is 11.6 Å². The molecule has 0 bridgehead atoms. The van der Waals surface area contributed by atoms with Gasteiger partial charge < -0.3 is 4.74 Å². The van der Waals surface area contributed by atoms with Gasteiger partial charge in [-0.15, -0.1) is 0 Å². The largest absolute Gasteiger partial charge is 0.456 e. The fourth-order valence-corrected chi connectivity index (χ4v) is 3.37. The molecule has 128 valence electrons. The third-order valence-corrected chi connectivity index (χ3v) is 4.68. The molecule has 0 saturated heterocycles. The Hall–Kier alpha value is -3.20. The minimum absolute atomic E-state index is 0.141. The summed E-state index contributed by atoms with van der Waals surface area (Å²) in [6.07, 6.45) is 0. The molecule has 1 aliphatic carbocycles. The Balaban J connectivity index is 1.85. The lowest BCUT2D eigenvalue weighted by atomic mass is 9.83. The summed E-state index contributed by atoms with van der Waals surface area (Å²) in [5, 5.41) is 0. The van der Waals surface area contributed by atoms with E-state index in [0.29, 0.717) is 33.8 Å². The predicted octanol–water partition coefficient (Wildman–Crippen LogP) is 5.38. The van der Waals surface area contributed by atoms with Gasteiger partial charge in [0.05, 0.1) is 5.56 Å². The van der Waals surface area contributed by atoms with Gasteiger partial charge in [-0.25, -0.2) is 0 Å². The zero-order valence-corrected chi connectivity index (χ0v) is 14.7. The summed E-state index contributed by atoms with van der Waals surface area (Å²) in [4.78, 5) is 25.9. The molecular weight excluding hydrogens is 324 g/mol. The lowest BCUT2D eigenvalue weighted by Gasteiger charge is -2.21. The zero-order valence-electron chi connectivity index (χ0n) is 14.7. The van der Waals surface area contributed by atoms with Crippen LogP contribution in [0.2, 0.25) is 0 Å². The van der Waals surface area contributed by atoms with E-state index in [0.717, 1.165) is 5.56 Å². The van der Waals surface area contributed by atoms with Crippen LogP contribution in [-0.4, -0.2) is 11.6 Å². The van der Waals surface area contributed by atoms with Crippen LogP contribution < -0.4 is 4.74 Å². The molecule has 0 atom stereocenters. The third-order valence-electron chi connectivity index (χ3n) is 4.68. The minimum Gasteiger partial charge on any atom is -0.456 e. The van der Waals surface area contributed by atoms with E-state index in [2.05, 4.69) is 13.8 Å². The van der Waals surface area contributed by atoms with Crippen LogP contribution in [0.1, 0.15) is 57.2 Å². The van der Waals surface area contributed by atoms with Gasteiger partial charge in [0.25, 0.3) is 0 Å². The van der Waals surface area contributed by atoms with E-state index in [1.807, 2.05) is 24.3 Å². The normalized spacial score (nSPS) is 12.7. The summed E-state index contributed by atoms with van der Waals surface area (Å²) in [5.41, 5.74) is 2.67. The maximum Gasteiger partial charge on any atom is 0.198 e. The molecule has 3 aromatic carbocycles. The van der Waals surface area contributed by atoms with Crippen LogP contribution in [0.4, 0.5) is 0 Å². The topological polar surface area (TPSA) is 43.4 Å². The second-order valence-corrected chi connectivity index (χ2v) is 6.68. The van der Waals surface area contributed by atoms with Crippen molar-refractivity contribution in [3.05, 3.63) is 94.5 Å². The maximum absolute atomic E-state index is 13.1. The monoisotopic (exact) mass is 342 g/mol. The van der Waals surface area contributed by atoms with Crippen LogP contribution >= 0.6 is 0 Å². The van der Waals surface area contributed by atoms with E-state index >= 15 is 0 Å². The van der Waals surface area contributed by atoms with Crippen molar-refractivity contribution >= 4 is 11.6 Å². The lowest BCUT2D eigenvalue weighted by molar-refractivity contribution is 0.0977. The number of hydrogen-bond donors (Lipinski definition) is 0. The molecule has 1 aliphatic rings. The Morgan fingerprint density at radius 3 is 1.96 bits per heavy atom. The summed E-state index contributed by atoms with van der Waals surface area (Å²) >= 11 is 0. The van der Waals surface area contributed by atoms with Crippen LogP contribution in [0.5, 0.6) is 11.5 Å². The van der Waals surface area contributed by atoms with Crippen molar-refractivity contribution in [1.29, 1.82) is 0 Å². The van der Waals surface area contributed by atoms with E-state index < -0.39 is 0 Å². The zero-order chi connectivity index (χ0) is 18.3. The highest BCUT2D eigenvalue weighted by Crippen LogP contribution is 2.37. The maximum atomic E-state index is 13.1. The molecule has 0 unspecified atom stereocenters. The first-order valence-electron chi connectivity index (χ1n) is 8.66. The highest BCUT2D eigenvalue weighted by Gasteiger charge is 2.32. The van der Waals surface area contributed by atoms with E-state index in [1.54, 1.807) is 42.5 Å². The van der Waals surface area contributed by atoms with Gasteiger partial charge in [-0.1, -0.05) is 68.4 Å². The fraction of sp³-hybridized carbons (Fsp3) is 0.130. The van der Waals surface area contributed by atoms with Gasteiger partial charge in [0, 0.05) is 16.7 Å². The molecule has 0 N–H and O–H groups in total. The Kier molecular flexibility index (Phi) is 3.92. The van der Waals surface area contributed by atoms with E-state index in [1.165, 1.54) is 0 Å². The first-order chi connectivity index (χ1) is 12.6. The number of para-hydroxylation sites is 1. The average Bonchev–Trinajstić information content (AvgIpc) is 2.66. The van der Waals surface area contributed by atoms with E-state index in [4.69, 9.17) is 4.74 Å². The molecule has 3 aromatic rings. The van der Waals surface area contributed by atoms with E-state index in [-0.39, 0.29) is 17.5 Å². The van der Waals surface area contributed by atoms with Gasteiger partial charge in [0.2, 0.25) is 0 Å². The predicted molar refractivity (Wildman–Crippen MR) is 100 cm³/mol. The summed E-state index contributed by atoms with van der Waals surface area (Å²) in [6.45, 7) is 4.18. The molecule has 0 aliphatic heterocycles. The summed E-state index contributed by atoms with van der Waals surface area (Å²) in [7, 11) is 0. The quantitative estimate of drug-likeness (QED) is 0.502. The number of rotatable bonds is 3. The minimum atomic E-state index is -0.173. The number of fused-ring (bicyclic) bond motifs is 2. The Morgan fingerprint density at radius 2 is 1.23 bits per heavy atom. The lowest BCUT2D eigenvalue weighted by Crippen LogP contribution is -2.21. The summed E-state index contributed by atoms with van der Waals surface area (Å²) < 4.78 is 6.13. The Bertz CT molecular complexity index is 1030. The van der Waals surface area contributed by atoms with Crippen LogP contribution in [-0.2, 0) is 0 Å². The molecule has 26 heavy (non-hydrogen) atoms. The number of carbonyl (C=O) groups excluding carboxylic acids is 2. The van der Waals surface area contributed by atoms with Gasteiger partial charge in [-0.05, 0) is 23.6 Å². The van der Waals surface area contributed by atoms with Gasteiger partial charge in [-0.2, -0.15) is 0 Å². The van der Waals surface area contributed by atoms with E-state index in [9.17, 15) is 9.59 Å². The second kappa shape index (κ2) is 6.26. The third kappa shape index (κ3) is 2.53. The number of benzene rings is 3. The Morgan fingerprint density at radius 1 is 0.654 bits per heavy atom. The van der Waals surface area contributed by atoms with Crippen LogP contribution in [0.3, 0.4) is 0 Å². The smallest absolute Gasteiger partial charge is 0.198 e. The van der Waals surface area contributed by atoms with Crippen molar-refractivity contribution in [2.45, 2.75) is 19.8 Å². The molecule has 0 spiro atoms.